The van der Waals surface area contributed by atoms with Crippen LogP contribution in [0.25, 0.3) is 0 Å². The number of rotatable bonds is 11. The van der Waals surface area contributed by atoms with Gasteiger partial charge in [-0.05, 0) is 44.0 Å². The van der Waals surface area contributed by atoms with E-state index in [1.807, 2.05) is 43.4 Å². The molecule has 0 bridgehead atoms. The van der Waals surface area contributed by atoms with E-state index in [-0.39, 0.29) is 0 Å². The second-order valence-corrected chi connectivity index (χ2v) is 6.62. The van der Waals surface area contributed by atoms with Gasteiger partial charge in [-0.25, -0.2) is 4.98 Å². The lowest BCUT2D eigenvalue weighted by Crippen LogP contribution is -2.38. The Balaban J connectivity index is 1.85. The molecule has 2 aromatic rings. The fourth-order valence-electron chi connectivity index (χ4n) is 2.89. The zero-order chi connectivity index (χ0) is 20.9. The Morgan fingerprint density at radius 3 is 2.69 bits per heavy atom. The predicted molar refractivity (Wildman–Crippen MR) is 119 cm³/mol. The number of anilines is 1. The Morgan fingerprint density at radius 2 is 2.00 bits per heavy atom. The van der Waals surface area contributed by atoms with Gasteiger partial charge in [0.05, 0.1) is 14.2 Å². The zero-order valence-electron chi connectivity index (χ0n) is 17.9. The largest absolute Gasteiger partial charge is 0.497 e. The number of hydrogen-bond acceptors (Lipinski definition) is 5. The molecule has 0 amide bonds. The van der Waals surface area contributed by atoms with Crippen molar-refractivity contribution in [3.05, 3.63) is 48.2 Å². The number of aliphatic imine (C=N–C) groups is 1. The third-order valence-electron chi connectivity index (χ3n) is 4.42. The van der Waals surface area contributed by atoms with Crippen molar-refractivity contribution in [1.29, 1.82) is 0 Å². The van der Waals surface area contributed by atoms with Crippen LogP contribution in [0.1, 0.15) is 25.3 Å². The van der Waals surface area contributed by atoms with Crippen molar-refractivity contribution in [2.75, 3.05) is 46.2 Å². The van der Waals surface area contributed by atoms with E-state index < -0.39 is 0 Å². The van der Waals surface area contributed by atoms with Gasteiger partial charge in [-0.15, -0.1) is 0 Å². The third kappa shape index (κ3) is 7.52. The van der Waals surface area contributed by atoms with Gasteiger partial charge in [-0.2, -0.15) is 0 Å². The van der Waals surface area contributed by atoms with E-state index in [1.165, 1.54) is 0 Å². The molecule has 0 aliphatic carbocycles. The predicted octanol–water partition coefficient (Wildman–Crippen LogP) is 3.39. The highest BCUT2D eigenvalue weighted by Gasteiger charge is 2.11. The van der Waals surface area contributed by atoms with Crippen molar-refractivity contribution in [3.63, 3.8) is 0 Å². The third-order valence-corrected chi connectivity index (χ3v) is 4.42. The minimum Gasteiger partial charge on any atom is -0.497 e. The molecule has 0 aliphatic rings. The van der Waals surface area contributed by atoms with Crippen molar-refractivity contribution < 1.29 is 9.47 Å². The van der Waals surface area contributed by atoms with Crippen LogP contribution >= 0.6 is 0 Å². The van der Waals surface area contributed by atoms with Gasteiger partial charge in [0.2, 0.25) is 0 Å². The molecule has 0 atom stereocenters. The van der Waals surface area contributed by atoms with Crippen LogP contribution in [0.2, 0.25) is 0 Å². The number of ether oxygens (including phenoxy) is 2. The van der Waals surface area contributed by atoms with Gasteiger partial charge in [0.25, 0.3) is 0 Å². The van der Waals surface area contributed by atoms with Crippen LogP contribution in [-0.2, 0) is 6.54 Å². The zero-order valence-corrected chi connectivity index (χ0v) is 17.9. The van der Waals surface area contributed by atoms with Crippen molar-refractivity contribution in [2.24, 2.45) is 4.99 Å². The molecular weight excluding hydrogens is 366 g/mol. The average Bonchev–Trinajstić information content (AvgIpc) is 2.76. The van der Waals surface area contributed by atoms with Gasteiger partial charge in [0, 0.05) is 51.1 Å². The highest BCUT2D eigenvalue weighted by molar-refractivity contribution is 5.79. The minimum absolute atomic E-state index is 0.695. The molecule has 7 nitrogen and oxygen atoms in total. The molecule has 1 aromatic carbocycles. The van der Waals surface area contributed by atoms with Crippen LogP contribution in [0.5, 0.6) is 11.5 Å². The molecule has 2 rings (SSSR count). The van der Waals surface area contributed by atoms with Crippen LogP contribution in [0.3, 0.4) is 0 Å². The first-order valence-electron chi connectivity index (χ1n) is 10.0. The van der Waals surface area contributed by atoms with Gasteiger partial charge in [-0.3, -0.25) is 4.99 Å². The van der Waals surface area contributed by atoms with Gasteiger partial charge in [-0.1, -0.05) is 6.07 Å². The topological polar surface area (TPSA) is 71.0 Å². The second-order valence-electron chi connectivity index (χ2n) is 6.62. The Kier molecular flexibility index (Phi) is 9.62. The average molecular weight is 400 g/mol. The fourth-order valence-corrected chi connectivity index (χ4v) is 2.89. The van der Waals surface area contributed by atoms with Crippen LogP contribution < -0.4 is 20.1 Å². The standard InChI is InChI=1S/C22H33N5O2/c1-5-23-22(26-15-9-8-14-25-21-10-6-7-13-24-21)27(2)17-18-11-12-19(28-3)16-20(18)29-4/h6-7,10-13,16H,5,8-9,14-15,17H2,1-4H3,(H,23,26)(H,24,25). The van der Waals surface area contributed by atoms with Crippen LogP contribution in [0, 0.1) is 0 Å². The first kappa shape index (κ1) is 22.3. The first-order valence-corrected chi connectivity index (χ1v) is 10.0. The first-order chi connectivity index (χ1) is 14.2. The van der Waals surface area contributed by atoms with E-state index in [1.54, 1.807) is 20.4 Å². The minimum atomic E-state index is 0.695. The summed E-state index contributed by atoms with van der Waals surface area (Å²) in [5.41, 5.74) is 1.08. The number of pyridine rings is 1. The molecule has 7 heteroatoms. The molecule has 29 heavy (non-hydrogen) atoms. The highest BCUT2D eigenvalue weighted by atomic mass is 16.5. The normalized spacial score (nSPS) is 11.1. The molecule has 1 aromatic heterocycles. The lowest BCUT2D eigenvalue weighted by atomic mass is 10.2. The van der Waals surface area contributed by atoms with Gasteiger partial charge in [0.1, 0.15) is 17.3 Å². The van der Waals surface area contributed by atoms with Gasteiger partial charge in [0.15, 0.2) is 5.96 Å². The van der Waals surface area contributed by atoms with E-state index in [2.05, 4.69) is 27.4 Å². The summed E-state index contributed by atoms with van der Waals surface area (Å²) in [5.74, 6) is 3.40. The summed E-state index contributed by atoms with van der Waals surface area (Å²) in [7, 11) is 5.37. The molecule has 1 heterocycles. The molecule has 0 spiro atoms. The highest BCUT2D eigenvalue weighted by Crippen LogP contribution is 2.25. The quantitative estimate of drug-likeness (QED) is 0.343. The maximum atomic E-state index is 5.51. The summed E-state index contributed by atoms with van der Waals surface area (Å²) in [6, 6.07) is 11.8. The van der Waals surface area contributed by atoms with Gasteiger partial charge >= 0.3 is 0 Å². The molecule has 0 aliphatic heterocycles. The lowest BCUT2D eigenvalue weighted by molar-refractivity contribution is 0.382. The van der Waals surface area contributed by atoms with Crippen molar-refractivity contribution in [3.8, 4) is 11.5 Å². The summed E-state index contributed by atoms with van der Waals surface area (Å²) in [6.07, 6.45) is 3.84. The Morgan fingerprint density at radius 1 is 1.14 bits per heavy atom. The number of aromatic nitrogens is 1. The summed E-state index contributed by atoms with van der Waals surface area (Å²) in [5, 5.41) is 6.69. The van der Waals surface area contributed by atoms with Crippen molar-refractivity contribution in [1.82, 2.24) is 15.2 Å². The van der Waals surface area contributed by atoms with Crippen molar-refractivity contribution >= 4 is 11.8 Å². The summed E-state index contributed by atoms with van der Waals surface area (Å²) in [4.78, 5) is 11.1. The van der Waals surface area contributed by atoms with Gasteiger partial charge < -0.3 is 25.0 Å². The lowest BCUT2D eigenvalue weighted by Gasteiger charge is -2.23. The number of nitrogens with zero attached hydrogens (tertiary/aromatic N) is 3. The SMILES string of the molecule is CCNC(=NCCCCNc1ccccn1)N(C)Cc1ccc(OC)cc1OC. The Bertz CT molecular complexity index is 752. The Hall–Kier alpha value is -2.96. The number of methoxy groups -OCH3 is 2. The Labute approximate surface area is 174 Å². The number of unbranched alkanes of at least 4 members (excludes halogenated alkanes) is 1. The maximum absolute atomic E-state index is 5.51. The summed E-state index contributed by atoms with van der Waals surface area (Å²) < 4.78 is 10.8. The monoisotopic (exact) mass is 399 g/mol. The molecule has 0 saturated heterocycles. The van der Waals surface area contributed by atoms with E-state index in [9.17, 15) is 0 Å². The number of nitrogens with one attached hydrogen (secondary N) is 2. The molecule has 0 saturated carbocycles. The molecular formula is C22H33N5O2. The van der Waals surface area contributed by atoms with E-state index in [4.69, 9.17) is 14.5 Å². The molecule has 2 N–H and O–H groups in total. The molecule has 0 radical (unpaired) electrons. The van der Waals surface area contributed by atoms with Crippen LogP contribution in [-0.4, -0.2) is 56.7 Å². The maximum Gasteiger partial charge on any atom is 0.193 e. The summed E-state index contributed by atoms with van der Waals surface area (Å²) >= 11 is 0. The fraction of sp³-hybridized carbons (Fsp3) is 0.455. The van der Waals surface area contributed by atoms with E-state index in [0.29, 0.717) is 6.54 Å². The molecule has 0 unspecified atom stereocenters. The van der Waals surface area contributed by atoms with Crippen LogP contribution in [0.4, 0.5) is 5.82 Å². The number of benzene rings is 1. The smallest absolute Gasteiger partial charge is 0.193 e. The second kappa shape index (κ2) is 12.5. The number of guanidine groups is 1. The molecule has 158 valence electrons. The summed E-state index contributed by atoms with van der Waals surface area (Å²) in [6.45, 7) is 5.26. The number of hydrogen-bond donors (Lipinski definition) is 2. The van der Waals surface area contributed by atoms with Crippen molar-refractivity contribution in [2.45, 2.75) is 26.3 Å². The van der Waals surface area contributed by atoms with Crippen LogP contribution in [0.15, 0.2) is 47.6 Å². The molecule has 0 fully saturated rings. The van der Waals surface area contributed by atoms with E-state index >= 15 is 0 Å². The van der Waals surface area contributed by atoms with E-state index in [0.717, 1.165) is 61.3 Å².